The molecule has 5 N–H and O–H groups in total. The van der Waals surface area contributed by atoms with Crippen molar-refractivity contribution < 1.29 is 9.59 Å². The van der Waals surface area contributed by atoms with Crippen LogP contribution in [-0.4, -0.2) is 18.2 Å². The molecule has 0 unspecified atom stereocenters. The Morgan fingerprint density at radius 1 is 1.29 bits per heavy atom. The summed E-state index contributed by atoms with van der Waals surface area (Å²) in [6.45, 7) is 1.44. The molecule has 1 aromatic rings. The van der Waals surface area contributed by atoms with Crippen LogP contribution in [0.2, 0.25) is 0 Å². The Morgan fingerprint density at radius 2 is 1.94 bits per heavy atom. The highest BCUT2D eigenvalue weighted by atomic mass is 16.2. The van der Waals surface area contributed by atoms with Crippen LogP contribution in [0.5, 0.6) is 0 Å². The number of hydrazone groups is 1. The van der Waals surface area contributed by atoms with Crippen molar-refractivity contribution in [2.75, 3.05) is 5.32 Å². The van der Waals surface area contributed by atoms with Gasteiger partial charge in [-0.2, -0.15) is 5.10 Å². The number of anilines is 1. The first-order valence-corrected chi connectivity index (χ1v) is 4.79. The van der Waals surface area contributed by atoms with Crippen LogP contribution in [0.3, 0.4) is 0 Å². The second-order valence-corrected chi connectivity index (χ2v) is 3.15. The maximum atomic E-state index is 10.8. The average Bonchev–Trinajstić information content (AvgIpc) is 2.30. The van der Waals surface area contributed by atoms with Crippen molar-refractivity contribution in [3.8, 4) is 0 Å². The number of nitrogens with zero attached hydrogens (tertiary/aromatic N) is 1. The fraction of sp³-hybridized carbons (Fsp3) is 0.100. The van der Waals surface area contributed by atoms with Gasteiger partial charge in [-0.15, -0.1) is 0 Å². The quantitative estimate of drug-likeness (QED) is 0.259. The number of carbonyl (C=O) groups excluding carboxylic acids is 2. The third-order valence-electron chi connectivity index (χ3n) is 1.74. The smallest absolute Gasteiger partial charge is 0.326 e. The Morgan fingerprint density at radius 3 is 2.47 bits per heavy atom. The van der Waals surface area contributed by atoms with Gasteiger partial charge in [-0.1, -0.05) is 12.1 Å². The molecule has 90 valence electrons. The fourth-order valence-electron chi connectivity index (χ4n) is 1.05. The van der Waals surface area contributed by atoms with Crippen molar-refractivity contribution in [2.45, 2.75) is 6.92 Å². The van der Waals surface area contributed by atoms with Crippen LogP contribution in [-0.2, 0) is 4.79 Å². The average molecular weight is 235 g/mol. The van der Waals surface area contributed by atoms with E-state index >= 15 is 0 Å². The van der Waals surface area contributed by atoms with E-state index in [1.165, 1.54) is 13.1 Å². The van der Waals surface area contributed by atoms with Gasteiger partial charge in [0.15, 0.2) is 0 Å². The Bertz CT molecular complexity index is 427. The first-order valence-electron chi connectivity index (χ1n) is 4.79. The summed E-state index contributed by atoms with van der Waals surface area (Å²) in [6, 6.07) is 6.35. The monoisotopic (exact) mass is 235 g/mol. The van der Waals surface area contributed by atoms with Gasteiger partial charge in [0.25, 0.3) is 0 Å². The molecule has 0 aliphatic rings. The zero-order valence-electron chi connectivity index (χ0n) is 9.23. The highest BCUT2D eigenvalue weighted by Gasteiger charge is 1.95. The van der Waals surface area contributed by atoms with Crippen molar-refractivity contribution in [3.05, 3.63) is 29.8 Å². The number of benzene rings is 1. The molecule has 0 aliphatic carbocycles. The molecule has 7 heteroatoms. The number of nitrogens with two attached hydrogens (primary N) is 1. The molecular weight excluding hydrogens is 222 g/mol. The van der Waals surface area contributed by atoms with E-state index in [4.69, 9.17) is 5.84 Å². The summed E-state index contributed by atoms with van der Waals surface area (Å²) in [5.41, 5.74) is 5.49. The first-order chi connectivity index (χ1) is 8.11. The van der Waals surface area contributed by atoms with E-state index in [0.717, 1.165) is 5.56 Å². The zero-order valence-corrected chi connectivity index (χ0v) is 9.23. The Balaban J connectivity index is 2.56. The van der Waals surface area contributed by atoms with Crippen molar-refractivity contribution in [1.29, 1.82) is 0 Å². The highest BCUT2D eigenvalue weighted by molar-refractivity contribution is 5.89. The largest absolute Gasteiger partial charge is 0.349 e. The van der Waals surface area contributed by atoms with Crippen LogP contribution in [0.25, 0.3) is 0 Å². The number of nitrogens with one attached hydrogen (secondary N) is 3. The lowest BCUT2D eigenvalue weighted by atomic mass is 10.2. The maximum Gasteiger partial charge on any atom is 0.349 e. The number of urea groups is 1. The summed E-state index contributed by atoms with van der Waals surface area (Å²) in [4.78, 5) is 21.4. The summed E-state index contributed by atoms with van der Waals surface area (Å²) < 4.78 is 0. The summed E-state index contributed by atoms with van der Waals surface area (Å²) in [7, 11) is 0. The van der Waals surface area contributed by atoms with E-state index in [1.807, 2.05) is 5.43 Å². The molecule has 0 saturated heterocycles. The third-order valence-corrected chi connectivity index (χ3v) is 1.74. The van der Waals surface area contributed by atoms with Gasteiger partial charge in [-0.25, -0.2) is 16.1 Å². The Labute approximate surface area is 98.0 Å². The van der Waals surface area contributed by atoms with Gasteiger partial charge in [0.05, 0.1) is 6.21 Å². The molecule has 0 saturated carbocycles. The van der Waals surface area contributed by atoms with E-state index in [0.29, 0.717) is 5.69 Å². The van der Waals surface area contributed by atoms with Crippen molar-refractivity contribution in [3.63, 3.8) is 0 Å². The molecule has 7 nitrogen and oxygen atoms in total. The SMILES string of the molecule is CC(=O)Nc1ccc(/C=N\NC(=O)NN)cc1. The molecule has 1 rings (SSSR count). The molecule has 0 heterocycles. The van der Waals surface area contributed by atoms with E-state index in [2.05, 4.69) is 15.8 Å². The van der Waals surface area contributed by atoms with Crippen LogP contribution in [0.1, 0.15) is 12.5 Å². The number of hydrogen-bond acceptors (Lipinski definition) is 4. The Kier molecular flexibility index (Phi) is 4.64. The molecule has 0 bridgehead atoms. The molecule has 1 aromatic carbocycles. The number of amides is 3. The van der Waals surface area contributed by atoms with Gasteiger partial charge in [0.1, 0.15) is 0 Å². The van der Waals surface area contributed by atoms with E-state index < -0.39 is 6.03 Å². The van der Waals surface area contributed by atoms with Crippen molar-refractivity contribution in [2.24, 2.45) is 10.9 Å². The lowest BCUT2D eigenvalue weighted by Gasteiger charge is -2.01. The van der Waals surface area contributed by atoms with Gasteiger partial charge in [-0.05, 0) is 17.7 Å². The molecule has 0 atom stereocenters. The second-order valence-electron chi connectivity index (χ2n) is 3.15. The van der Waals surface area contributed by atoms with E-state index in [-0.39, 0.29) is 5.91 Å². The van der Waals surface area contributed by atoms with E-state index in [9.17, 15) is 9.59 Å². The molecule has 0 spiro atoms. The molecular formula is C10H13N5O2. The van der Waals surface area contributed by atoms with Crippen LogP contribution < -0.4 is 22.0 Å². The topological polar surface area (TPSA) is 109 Å². The van der Waals surface area contributed by atoms with Crippen LogP contribution in [0, 0.1) is 0 Å². The fourth-order valence-corrected chi connectivity index (χ4v) is 1.05. The first kappa shape index (κ1) is 12.7. The number of hydrogen-bond donors (Lipinski definition) is 4. The minimum Gasteiger partial charge on any atom is -0.326 e. The highest BCUT2D eigenvalue weighted by Crippen LogP contribution is 2.07. The standard InChI is InChI=1S/C10H13N5O2/c1-7(16)13-9-4-2-8(3-5-9)6-12-15-10(17)14-11/h2-6H,11H2,1H3,(H,13,16)(H2,14,15,17)/b12-6-. The number of rotatable bonds is 3. The van der Waals surface area contributed by atoms with Gasteiger partial charge in [-0.3, -0.25) is 10.2 Å². The normalized spacial score (nSPS) is 10.0. The zero-order chi connectivity index (χ0) is 12.7. The molecule has 0 aliphatic heterocycles. The van der Waals surface area contributed by atoms with Crippen molar-refractivity contribution >= 4 is 23.8 Å². The molecule has 0 radical (unpaired) electrons. The second kappa shape index (κ2) is 6.23. The summed E-state index contributed by atoms with van der Waals surface area (Å²) >= 11 is 0. The Hall–Kier alpha value is -2.41. The molecule has 3 amide bonds. The van der Waals surface area contributed by atoms with Crippen LogP contribution in [0.15, 0.2) is 29.4 Å². The van der Waals surface area contributed by atoms with Gasteiger partial charge in [0, 0.05) is 12.6 Å². The van der Waals surface area contributed by atoms with Crippen LogP contribution in [0.4, 0.5) is 10.5 Å². The lowest BCUT2D eigenvalue weighted by molar-refractivity contribution is -0.114. The predicted octanol–water partition coefficient (Wildman–Crippen LogP) is 0.152. The molecule has 0 aromatic heterocycles. The summed E-state index contributed by atoms with van der Waals surface area (Å²) in [5, 5.41) is 6.28. The van der Waals surface area contributed by atoms with Crippen LogP contribution >= 0.6 is 0 Å². The van der Waals surface area contributed by atoms with Gasteiger partial charge >= 0.3 is 6.03 Å². The third kappa shape index (κ3) is 4.76. The minimum absolute atomic E-state index is 0.132. The summed E-state index contributed by atoms with van der Waals surface area (Å²) in [6.07, 6.45) is 1.45. The van der Waals surface area contributed by atoms with E-state index in [1.54, 1.807) is 24.3 Å². The maximum absolute atomic E-state index is 10.8. The summed E-state index contributed by atoms with van der Waals surface area (Å²) in [5.74, 6) is 4.71. The van der Waals surface area contributed by atoms with Crippen molar-refractivity contribution in [1.82, 2.24) is 10.9 Å². The van der Waals surface area contributed by atoms with Gasteiger partial charge in [0.2, 0.25) is 5.91 Å². The molecule has 17 heavy (non-hydrogen) atoms. The predicted molar refractivity (Wildman–Crippen MR) is 64.2 cm³/mol. The minimum atomic E-state index is -0.601. The number of hydrazine groups is 1. The number of carbonyl (C=O) groups is 2. The molecule has 0 fully saturated rings. The lowest BCUT2D eigenvalue weighted by Crippen LogP contribution is -2.37. The van der Waals surface area contributed by atoms with Gasteiger partial charge < -0.3 is 5.32 Å².